The van der Waals surface area contributed by atoms with Gasteiger partial charge in [-0.05, 0) is 49.6 Å². The first-order chi connectivity index (χ1) is 14.2. The molecule has 0 fully saturated rings. The summed E-state index contributed by atoms with van der Waals surface area (Å²) >= 11 is 0. The minimum absolute atomic E-state index is 0.0281. The molecule has 0 spiro atoms. The fraction of sp³-hybridized carbons (Fsp3) is 0.227. The molecule has 1 heterocycles. The third-order valence-corrected chi connectivity index (χ3v) is 4.83. The SMILES string of the molecule is COCC(=O)Nc1cccc(NC(=O)c2nn(-c3ccccc3)c3c2CCC3)c1. The number of hydrogen-bond acceptors (Lipinski definition) is 4. The van der Waals surface area contributed by atoms with Gasteiger partial charge in [0.2, 0.25) is 5.91 Å². The summed E-state index contributed by atoms with van der Waals surface area (Å²) in [5.74, 6) is -0.506. The molecule has 0 radical (unpaired) electrons. The van der Waals surface area contributed by atoms with Gasteiger partial charge in [0.05, 0.1) is 5.69 Å². The normalized spacial score (nSPS) is 12.4. The molecule has 0 unspecified atom stereocenters. The van der Waals surface area contributed by atoms with Crippen LogP contribution in [0.15, 0.2) is 54.6 Å². The zero-order valence-electron chi connectivity index (χ0n) is 16.1. The van der Waals surface area contributed by atoms with E-state index in [-0.39, 0.29) is 18.4 Å². The van der Waals surface area contributed by atoms with Crippen molar-refractivity contribution in [1.82, 2.24) is 9.78 Å². The molecule has 7 heteroatoms. The van der Waals surface area contributed by atoms with Crippen LogP contribution in [-0.2, 0) is 22.4 Å². The minimum Gasteiger partial charge on any atom is -0.375 e. The zero-order valence-corrected chi connectivity index (χ0v) is 16.1. The van der Waals surface area contributed by atoms with Crippen LogP contribution < -0.4 is 10.6 Å². The summed E-state index contributed by atoms with van der Waals surface area (Å²) < 4.78 is 6.69. The molecule has 7 nitrogen and oxygen atoms in total. The summed E-state index contributed by atoms with van der Waals surface area (Å²) in [5.41, 5.74) is 4.69. The van der Waals surface area contributed by atoms with Gasteiger partial charge >= 0.3 is 0 Å². The molecule has 0 bridgehead atoms. The van der Waals surface area contributed by atoms with E-state index in [0.29, 0.717) is 17.1 Å². The molecule has 0 atom stereocenters. The topological polar surface area (TPSA) is 85.2 Å². The number of amides is 2. The highest BCUT2D eigenvalue weighted by molar-refractivity contribution is 6.04. The lowest BCUT2D eigenvalue weighted by Crippen LogP contribution is -2.18. The summed E-state index contributed by atoms with van der Waals surface area (Å²) in [4.78, 5) is 24.7. The van der Waals surface area contributed by atoms with Crippen molar-refractivity contribution in [3.63, 3.8) is 0 Å². The Kier molecular flexibility index (Phi) is 5.39. The fourth-order valence-electron chi connectivity index (χ4n) is 3.60. The van der Waals surface area contributed by atoms with E-state index in [1.807, 2.05) is 35.0 Å². The van der Waals surface area contributed by atoms with Crippen LogP contribution in [0.1, 0.15) is 28.2 Å². The maximum Gasteiger partial charge on any atom is 0.276 e. The summed E-state index contributed by atoms with van der Waals surface area (Å²) in [7, 11) is 1.46. The van der Waals surface area contributed by atoms with Crippen LogP contribution in [0.2, 0.25) is 0 Å². The molecule has 2 amide bonds. The first-order valence-corrected chi connectivity index (χ1v) is 9.52. The number of carbonyl (C=O) groups excluding carboxylic acids is 2. The highest BCUT2D eigenvalue weighted by Gasteiger charge is 2.27. The van der Waals surface area contributed by atoms with Gasteiger partial charge in [-0.2, -0.15) is 5.10 Å². The number of fused-ring (bicyclic) bond motifs is 1. The van der Waals surface area contributed by atoms with Gasteiger partial charge in [0.1, 0.15) is 6.61 Å². The molecule has 0 saturated carbocycles. The molecule has 148 valence electrons. The third-order valence-electron chi connectivity index (χ3n) is 4.83. The predicted molar refractivity (Wildman–Crippen MR) is 110 cm³/mol. The van der Waals surface area contributed by atoms with Gasteiger partial charge in [0.25, 0.3) is 5.91 Å². The van der Waals surface area contributed by atoms with E-state index in [2.05, 4.69) is 15.7 Å². The average molecular weight is 390 g/mol. The third kappa shape index (κ3) is 4.05. The van der Waals surface area contributed by atoms with Crippen LogP contribution in [-0.4, -0.2) is 35.3 Å². The number of ether oxygens (including phenoxy) is 1. The molecule has 4 rings (SSSR count). The lowest BCUT2D eigenvalue weighted by Gasteiger charge is -2.08. The number of para-hydroxylation sites is 1. The number of benzene rings is 2. The zero-order chi connectivity index (χ0) is 20.2. The van der Waals surface area contributed by atoms with Crippen molar-refractivity contribution in [3.8, 4) is 5.69 Å². The number of nitrogens with zero attached hydrogens (tertiary/aromatic N) is 2. The van der Waals surface area contributed by atoms with Gasteiger partial charge in [-0.25, -0.2) is 4.68 Å². The predicted octanol–water partition coefficient (Wildman–Crippen LogP) is 3.20. The van der Waals surface area contributed by atoms with E-state index in [0.717, 1.165) is 36.2 Å². The molecule has 29 heavy (non-hydrogen) atoms. The molecular weight excluding hydrogens is 368 g/mol. The van der Waals surface area contributed by atoms with E-state index in [1.54, 1.807) is 24.3 Å². The number of anilines is 2. The number of aromatic nitrogens is 2. The van der Waals surface area contributed by atoms with Crippen molar-refractivity contribution in [1.29, 1.82) is 0 Å². The Bertz CT molecular complexity index is 1040. The van der Waals surface area contributed by atoms with Gasteiger partial charge in [-0.1, -0.05) is 24.3 Å². The Morgan fingerprint density at radius 2 is 1.79 bits per heavy atom. The second kappa shape index (κ2) is 8.28. The van der Waals surface area contributed by atoms with E-state index in [9.17, 15) is 9.59 Å². The lowest BCUT2D eigenvalue weighted by molar-refractivity contribution is -0.119. The van der Waals surface area contributed by atoms with Crippen molar-refractivity contribution < 1.29 is 14.3 Å². The molecule has 2 N–H and O–H groups in total. The Balaban J connectivity index is 1.56. The summed E-state index contributed by atoms with van der Waals surface area (Å²) in [6.45, 7) is -0.0281. The largest absolute Gasteiger partial charge is 0.375 e. The van der Waals surface area contributed by atoms with Crippen molar-refractivity contribution >= 4 is 23.2 Å². The van der Waals surface area contributed by atoms with Crippen molar-refractivity contribution in [3.05, 3.63) is 71.5 Å². The van der Waals surface area contributed by atoms with Crippen LogP contribution >= 0.6 is 0 Å². The average Bonchev–Trinajstić information content (AvgIpc) is 3.31. The van der Waals surface area contributed by atoms with Crippen molar-refractivity contribution in [2.45, 2.75) is 19.3 Å². The Hall–Kier alpha value is -3.45. The number of nitrogens with one attached hydrogen (secondary N) is 2. The number of carbonyl (C=O) groups is 2. The summed E-state index contributed by atoms with van der Waals surface area (Å²) in [6.07, 6.45) is 2.77. The fourth-order valence-corrected chi connectivity index (χ4v) is 3.60. The molecule has 1 aliphatic rings. The first kappa shape index (κ1) is 18.9. The maximum atomic E-state index is 13.0. The van der Waals surface area contributed by atoms with Crippen LogP contribution in [0, 0.1) is 0 Å². The highest BCUT2D eigenvalue weighted by Crippen LogP contribution is 2.28. The molecule has 0 aliphatic heterocycles. The number of methoxy groups -OCH3 is 1. The van der Waals surface area contributed by atoms with E-state index >= 15 is 0 Å². The van der Waals surface area contributed by atoms with Crippen LogP contribution in [0.5, 0.6) is 0 Å². The Labute approximate surface area is 168 Å². The summed E-state index contributed by atoms with van der Waals surface area (Å²) in [5, 5.41) is 10.2. The van der Waals surface area contributed by atoms with E-state index in [1.165, 1.54) is 7.11 Å². The second-order valence-corrected chi connectivity index (χ2v) is 6.89. The summed E-state index contributed by atoms with van der Waals surface area (Å²) in [6, 6.07) is 16.9. The molecule has 3 aromatic rings. The maximum absolute atomic E-state index is 13.0. The van der Waals surface area contributed by atoms with Crippen molar-refractivity contribution in [2.24, 2.45) is 0 Å². The standard InChI is InChI=1S/C22H22N4O3/c1-29-14-20(27)23-15-7-5-8-16(13-15)24-22(28)21-18-11-6-12-19(18)26(25-21)17-9-3-2-4-10-17/h2-5,7-10,13H,6,11-12,14H2,1H3,(H,23,27)(H,24,28). The van der Waals surface area contributed by atoms with Crippen LogP contribution in [0.3, 0.4) is 0 Å². The van der Waals surface area contributed by atoms with Gasteiger partial charge in [0, 0.05) is 29.7 Å². The molecule has 1 aromatic heterocycles. The van der Waals surface area contributed by atoms with Gasteiger partial charge < -0.3 is 15.4 Å². The quantitative estimate of drug-likeness (QED) is 0.677. The molecule has 2 aromatic carbocycles. The Morgan fingerprint density at radius 3 is 2.55 bits per heavy atom. The molecule has 1 aliphatic carbocycles. The van der Waals surface area contributed by atoms with E-state index in [4.69, 9.17) is 4.74 Å². The van der Waals surface area contributed by atoms with Crippen LogP contribution in [0.4, 0.5) is 11.4 Å². The van der Waals surface area contributed by atoms with Gasteiger partial charge in [-0.3, -0.25) is 9.59 Å². The second-order valence-electron chi connectivity index (χ2n) is 6.89. The van der Waals surface area contributed by atoms with Crippen LogP contribution in [0.25, 0.3) is 5.69 Å². The first-order valence-electron chi connectivity index (χ1n) is 9.52. The minimum atomic E-state index is -0.254. The smallest absolute Gasteiger partial charge is 0.276 e. The molecular formula is C22H22N4O3. The highest BCUT2D eigenvalue weighted by atomic mass is 16.5. The van der Waals surface area contributed by atoms with E-state index < -0.39 is 0 Å². The molecule has 0 saturated heterocycles. The lowest BCUT2D eigenvalue weighted by atomic mass is 10.2. The monoisotopic (exact) mass is 390 g/mol. The van der Waals surface area contributed by atoms with Crippen molar-refractivity contribution in [2.75, 3.05) is 24.4 Å². The number of rotatable bonds is 6. The van der Waals surface area contributed by atoms with Gasteiger partial charge in [-0.15, -0.1) is 0 Å². The van der Waals surface area contributed by atoms with Gasteiger partial charge in [0.15, 0.2) is 5.69 Å². The Morgan fingerprint density at radius 1 is 1.03 bits per heavy atom. The number of hydrogen-bond donors (Lipinski definition) is 2.